The molecule has 2 aliphatic rings. The standard InChI is InChI=1S/C21H23N5O2/c27-21(14-4-3-5-14)25-17-8-15(10-22-12-17)18-9-16-11-24-26(19(16)13-23-18)20-6-1-2-7-28-20/h8-14,20H,1-7H2,(H,25,27)/t20-/m0/s1. The summed E-state index contributed by atoms with van der Waals surface area (Å²) in [6.07, 6.45) is 13.5. The fraction of sp³-hybridized carbons (Fsp3) is 0.429. The molecule has 0 aromatic carbocycles. The Bertz CT molecular complexity index is 1000. The molecule has 3 aromatic heterocycles. The summed E-state index contributed by atoms with van der Waals surface area (Å²) in [4.78, 5) is 21.1. The molecule has 1 aliphatic carbocycles. The van der Waals surface area contributed by atoms with Crippen molar-refractivity contribution in [3.05, 3.63) is 36.9 Å². The predicted molar refractivity (Wildman–Crippen MR) is 106 cm³/mol. The molecule has 144 valence electrons. The number of carbonyl (C=O) groups excluding carboxylic acids is 1. The molecule has 0 bridgehead atoms. The van der Waals surface area contributed by atoms with Crippen molar-refractivity contribution < 1.29 is 9.53 Å². The molecule has 0 spiro atoms. The van der Waals surface area contributed by atoms with Gasteiger partial charge >= 0.3 is 0 Å². The number of carbonyl (C=O) groups is 1. The van der Waals surface area contributed by atoms with Crippen LogP contribution >= 0.6 is 0 Å². The third-order valence-electron chi connectivity index (χ3n) is 5.69. The zero-order valence-corrected chi connectivity index (χ0v) is 15.7. The summed E-state index contributed by atoms with van der Waals surface area (Å²) in [5.41, 5.74) is 3.36. The molecule has 3 aromatic rings. The maximum absolute atomic E-state index is 12.2. The average molecular weight is 377 g/mol. The molecule has 1 amide bonds. The molecule has 1 N–H and O–H groups in total. The Morgan fingerprint density at radius 1 is 1.07 bits per heavy atom. The maximum atomic E-state index is 12.2. The van der Waals surface area contributed by atoms with Crippen LogP contribution in [0.15, 0.2) is 36.9 Å². The van der Waals surface area contributed by atoms with Crippen LogP contribution < -0.4 is 5.32 Å². The molecule has 5 rings (SSSR count). The number of nitrogens with one attached hydrogen (secondary N) is 1. The first kappa shape index (κ1) is 17.3. The van der Waals surface area contributed by atoms with Gasteiger partial charge in [-0.25, -0.2) is 4.68 Å². The fourth-order valence-corrected chi connectivity index (χ4v) is 3.81. The maximum Gasteiger partial charge on any atom is 0.227 e. The normalized spacial score (nSPS) is 20.1. The third kappa shape index (κ3) is 3.26. The van der Waals surface area contributed by atoms with Gasteiger partial charge in [-0.2, -0.15) is 5.10 Å². The molecule has 0 radical (unpaired) electrons. The minimum atomic E-state index is -0.00869. The minimum absolute atomic E-state index is 0.00869. The van der Waals surface area contributed by atoms with E-state index in [-0.39, 0.29) is 18.1 Å². The van der Waals surface area contributed by atoms with Gasteiger partial charge in [0.1, 0.15) is 0 Å². The highest BCUT2D eigenvalue weighted by Crippen LogP contribution is 2.30. The monoisotopic (exact) mass is 377 g/mol. The second kappa shape index (κ2) is 7.31. The number of hydrogen-bond acceptors (Lipinski definition) is 5. The molecular formula is C21H23N5O2. The summed E-state index contributed by atoms with van der Waals surface area (Å²) in [5.74, 6) is 0.230. The van der Waals surface area contributed by atoms with E-state index in [1.165, 1.54) is 0 Å². The van der Waals surface area contributed by atoms with E-state index in [1.807, 2.05) is 29.2 Å². The lowest BCUT2D eigenvalue weighted by molar-refractivity contribution is -0.122. The van der Waals surface area contributed by atoms with Crippen molar-refractivity contribution >= 4 is 22.5 Å². The quantitative estimate of drug-likeness (QED) is 0.745. The Labute approximate surface area is 163 Å². The van der Waals surface area contributed by atoms with E-state index in [0.29, 0.717) is 5.69 Å². The van der Waals surface area contributed by atoms with E-state index >= 15 is 0 Å². The Morgan fingerprint density at radius 3 is 2.79 bits per heavy atom. The molecule has 1 aliphatic heterocycles. The number of ether oxygens (including phenoxy) is 1. The van der Waals surface area contributed by atoms with Gasteiger partial charge in [0, 0.05) is 29.7 Å². The molecule has 1 atom stereocenters. The first-order valence-corrected chi connectivity index (χ1v) is 9.99. The van der Waals surface area contributed by atoms with Crippen molar-refractivity contribution in [3.63, 3.8) is 0 Å². The summed E-state index contributed by atoms with van der Waals surface area (Å²) >= 11 is 0. The van der Waals surface area contributed by atoms with Crippen LogP contribution in [0.2, 0.25) is 0 Å². The lowest BCUT2D eigenvalue weighted by Gasteiger charge is -2.24. The van der Waals surface area contributed by atoms with Gasteiger partial charge in [-0.3, -0.25) is 14.8 Å². The van der Waals surface area contributed by atoms with E-state index in [2.05, 4.69) is 20.4 Å². The van der Waals surface area contributed by atoms with Crippen LogP contribution in [-0.2, 0) is 9.53 Å². The van der Waals surface area contributed by atoms with Gasteiger partial charge in [-0.05, 0) is 44.2 Å². The second-order valence-electron chi connectivity index (χ2n) is 7.62. The second-order valence-corrected chi connectivity index (χ2v) is 7.62. The van der Waals surface area contributed by atoms with Crippen molar-refractivity contribution in [2.45, 2.75) is 44.8 Å². The molecule has 7 heteroatoms. The predicted octanol–water partition coefficient (Wildman–Crippen LogP) is 3.93. The third-order valence-corrected chi connectivity index (χ3v) is 5.69. The number of anilines is 1. The molecule has 2 fully saturated rings. The van der Waals surface area contributed by atoms with Gasteiger partial charge < -0.3 is 10.1 Å². The van der Waals surface area contributed by atoms with Crippen LogP contribution in [0.25, 0.3) is 22.2 Å². The van der Waals surface area contributed by atoms with Crippen LogP contribution in [-0.4, -0.2) is 32.3 Å². The number of hydrogen-bond donors (Lipinski definition) is 1. The van der Waals surface area contributed by atoms with Crippen LogP contribution in [0.1, 0.15) is 44.8 Å². The Morgan fingerprint density at radius 2 is 2.00 bits per heavy atom. The van der Waals surface area contributed by atoms with Crippen molar-refractivity contribution in [2.24, 2.45) is 5.92 Å². The Balaban J connectivity index is 1.40. The van der Waals surface area contributed by atoms with Crippen molar-refractivity contribution in [1.29, 1.82) is 0 Å². The van der Waals surface area contributed by atoms with E-state index < -0.39 is 0 Å². The lowest BCUT2D eigenvalue weighted by atomic mass is 9.85. The molecule has 0 unspecified atom stereocenters. The van der Waals surface area contributed by atoms with E-state index in [1.54, 1.807) is 12.4 Å². The summed E-state index contributed by atoms with van der Waals surface area (Å²) in [5, 5.41) is 8.52. The SMILES string of the molecule is O=C(Nc1cncc(-c2cc3cnn([C@@H]4CCCCO4)c3cn2)c1)C1CCC1. The Hall–Kier alpha value is -2.80. The van der Waals surface area contributed by atoms with Gasteiger partial charge in [0.15, 0.2) is 6.23 Å². The van der Waals surface area contributed by atoms with Crippen molar-refractivity contribution in [2.75, 3.05) is 11.9 Å². The van der Waals surface area contributed by atoms with Crippen LogP contribution in [0.3, 0.4) is 0 Å². The van der Waals surface area contributed by atoms with E-state index in [0.717, 1.165) is 67.3 Å². The zero-order chi connectivity index (χ0) is 18.9. The summed E-state index contributed by atoms with van der Waals surface area (Å²) in [6, 6.07) is 3.93. The fourth-order valence-electron chi connectivity index (χ4n) is 3.81. The van der Waals surface area contributed by atoms with Crippen LogP contribution in [0.4, 0.5) is 5.69 Å². The van der Waals surface area contributed by atoms with Gasteiger partial charge in [-0.15, -0.1) is 0 Å². The van der Waals surface area contributed by atoms with Gasteiger partial charge in [0.2, 0.25) is 5.91 Å². The number of fused-ring (bicyclic) bond motifs is 1. The zero-order valence-electron chi connectivity index (χ0n) is 15.7. The largest absolute Gasteiger partial charge is 0.356 e. The van der Waals surface area contributed by atoms with E-state index in [9.17, 15) is 4.79 Å². The number of nitrogens with zero attached hydrogens (tertiary/aromatic N) is 4. The first-order valence-electron chi connectivity index (χ1n) is 9.99. The van der Waals surface area contributed by atoms with Crippen molar-refractivity contribution in [1.82, 2.24) is 19.7 Å². The number of pyridine rings is 2. The minimum Gasteiger partial charge on any atom is -0.356 e. The molecule has 4 heterocycles. The highest BCUT2D eigenvalue weighted by molar-refractivity contribution is 5.93. The average Bonchev–Trinajstić information content (AvgIpc) is 3.10. The molecule has 7 nitrogen and oxygen atoms in total. The number of rotatable bonds is 4. The van der Waals surface area contributed by atoms with Gasteiger partial charge in [0.25, 0.3) is 0 Å². The molecule has 1 saturated heterocycles. The highest BCUT2D eigenvalue weighted by atomic mass is 16.5. The number of aromatic nitrogens is 4. The van der Waals surface area contributed by atoms with Gasteiger partial charge in [-0.1, -0.05) is 6.42 Å². The smallest absolute Gasteiger partial charge is 0.227 e. The topological polar surface area (TPSA) is 81.9 Å². The summed E-state index contributed by atoms with van der Waals surface area (Å²) < 4.78 is 7.78. The highest BCUT2D eigenvalue weighted by Gasteiger charge is 2.25. The molecular weight excluding hydrogens is 354 g/mol. The summed E-state index contributed by atoms with van der Waals surface area (Å²) in [7, 11) is 0. The first-order chi connectivity index (χ1) is 13.8. The van der Waals surface area contributed by atoms with Gasteiger partial charge in [0.05, 0.1) is 35.5 Å². The number of amides is 1. The lowest BCUT2D eigenvalue weighted by Crippen LogP contribution is -2.28. The van der Waals surface area contributed by atoms with E-state index in [4.69, 9.17) is 4.74 Å². The van der Waals surface area contributed by atoms with Crippen LogP contribution in [0, 0.1) is 5.92 Å². The molecule has 1 saturated carbocycles. The Kier molecular flexibility index (Phi) is 4.52. The molecule has 28 heavy (non-hydrogen) atoms. The van der Waals surface area contributed by atoms with Crippen molar-refractivity contribution in [3.8, 4) is 11.3 Å². The summed E-state index contributed by atoms with van der Waals surface area (Å²) in [6.45, 7) is 0.780. The van der Waals surface area contributed by atoms with Crippen LogP contribution in [0.5, 0.6) is 0 Å².